The quantitative estimate of drug-likeness (QED) is 0.391. The van der Waals surface area contributed by atoms with Crippen molar-refractivity contribution in [1.82, 2.24) is 20.3 Å². The number of aromatic nitrogens is 3. The highest BCUT2D eigenvalue weighted by Crippen LogP contribution is 2.33. The van der Waals surface area contributed by atoms with E-state index in [4.69, 9.17) is 9.72 Å². The number of anilines is 1. The molecule has 0 bridgehead atoms. The summed E-state index contributed by atoms with van der Waals surface area (Å²) in [6.07, 6.45) is 9.70. The molecule has 2 aromatic heterocycles. The maximum atomic E-state index is 12.0. The van der Waals surface area contributed by atoms with Gasteiger partial charge in [-0.05, 0) is 67.6 Å². The van der Waals surface area contributed by atoms with Crippen LogP contribution in [0.2, 0.25) is 0 Å². The highest BCUT2D eigenvalue weighted by Gasteiger charge is 2.29. The number of benzene rings is 2. The summed E-state index contributed by atoms with van der Waals surface area (Å²) in [6, 6.07) is 14.4. The number of fused-ring (bicyclic) bond motifs is 1. The van der Waals surface area contributed by atoms with Crippen LogP contribution in [-0.4, -0.2) is 40.1 Å². The molecule has 0 radical (unpaired) electrons. The van der Waals surface area contributed by atoms with Crippen LogP contribution in [0.15, 0.2) is 61.1 Å². The standard InChI is InChI=1S/C27H27N5O2/c33-27(18-3-4-18)31-20-8-5-17(6-9-20)19-7-10-24-22(12-19)23(14-30-24)25-15-29-16-26(32-25)34-21-2-1-11-28-13-21/h5-10,12,14-16,18,21,28,30H,1-4,11,13H2,(H,31,33)/t21-/m1/s1. The molecule has 4 aromatic rings. The fourth-order valence-electron chi connectivity index (χ4n) is 4.47. The molecule has 2 aliphatic rings. The molecule has 1 aliphatic heterocycles. The molecule has 1 saturated heterocycles. The van der Waals surface area contributed by atoms with Gasteiger partial charge in [0.25, 0.3) is 0 Å². The zero-order chi connectivity index (χ0) is 22.9. The van der Waals surface area contributed by atoms with Crippen LogP contribution in [0.5, 0.6) is 5.88 Å². The first-order chi connectivity index (χ1) is 16.7. The highest BCUT2D eigenvalue weighted by atomic mass is 16.5. The van der Waals surface area contributed by atoms with Crippen LogP contribution in [0.4, 0.5) is 5.69 Å². The second-order valence-electron chi connectivity index (χ2n) is 9.13. The fraction of sp³-hybridized carbons (Fsp3) is 0.296. The number of ether oxygens (including phenoxy) is 1. The number of carbonyl (C=O) groups excluding carboxylic acids is 1. The van der Waals surface area contributed by atoms with Gasteiger partial charge in [-0.3, -0.25) is 9.78 Å². The summed E-state index contributed by atoms with van der Waals surface area (Å²) in [5.74, 6) is 0.874. The van der Waals surface area contributed by atoms with Gasteiger partial charge in [-0.1, -0.05) is 18.2 Å². The fourth-order valence-corrected chi connectivity index (χ4v) is 4.47. The van der Waals surface area contributed by atoms with Gasteiger partial charge in [-0.15, -0.1) is 0 Å². The van der Waals surface area contributed by atoms with Gasteiger partial charge in [0.05, 0.1) is 18.1 Å². The Bertz CT molecular complexity index is 1320. The highest BCUT2D eigenvalue weighted by molar-refractivity contribution is 5.97. The zero-order valence-electron chi connectivity index (χ0n) is 18.9. The predicted molar refractivity (Wildman–Crippen MR) is 133 cm³/mol. The van der Waals surface area contributed by atoms with Crippen LogP contribution < -0.4 is 15.4 Å². The Hall–Kier alpha value is -3.71. The minimum Gasteiger partial charge on any atom is -0.472 e. The van der Waals surface area contributed by atoms with Gasteiger partial charge in [0, 0.05) is 40.8 Å². The van der Waals surface area contributed by atoms with E-state index in [1.807, 2.05) is 30.5 Å². The molecular formula is C27H27N5O2. The van der Waals surface area contributed by atoms with Gasteiger partial charge in [0.2, 0.25) is 11.8 Å². The zero-order valence-corrected chi connectivity index (χ0v) is 18.9. The van der Waals surface area contributed by atoms with Crippen molar-refractivity contribution in [2.75, 3.05) is 18.4 Å². The molecule has 2 fully saturated rings. The molecule has 7 heteroatoms. The number of H-pyrrole nitrogens is 1. The van der Waals surface area contributed by atoms with E-state index < -0.39 is 0 Å². The van der Waals surface area contributed by atoms with E-state index in [1.54, 1.807) is 12.4 Å². The van der Waals surface area contributed by atoms with Crippen molar-refractivity contribution in [3.8, 4) is 28.3 Å². The Kier molecular flexibility index (Phi) is 5.47. The van der Waals surface area contributed by atoms with Crippen molar-refractivity contribution in [3.05, 3.63) is 61.1 Å². The van der Waals surface area contributed by atoms with Crippen molar-refractivity contribution in [3.63, 3.8) is 0 Å². The van der Waals surface area contributed by atoms with Crippen molar-refractivity contribution in [2.24, 2.45) is 5.92 Å². The van der Waals surface area contributed by atoms with Crippen molar-refractivity contribution >= 4 is 22.5 Å². The SMILES string of the molecule is O=C(Nc1ccc(-c2ccc3[nH]cc(-c4cncc(O[C@@H]5CCCNC5)n4)c3c2)cc1)C1CC1. The summed E-state index contributed by atoms with van der Waals surface area (Å²) in [5, 5.41) is 7.44. The Morgan fingerprint density at radius 1 is 1.03 bits per heavy atom. The Balaban J connectivity index is 1.25. The second kappa shape index (κ2) is 8.91. The third-order valence-electron chi connectivity index (χ3n) is 6.54. The van der Waals surface area contributed by atoms with Gasteiger partial charge in [-0.2, -0.15) is 0 Å². The van der Waals surface area contributed by atoms with E-state index in [0.717, 1.165) is 77.7 Å². The lowest BCUT2D eigenvalue weighted by Crippen LogP contribution is -2.37. The number of nitrogens with one attached hydrogen (secondary N) is 3. The Morgan fingerprint density at radius 3 is 2.68 bits per heavy atom. The van der Waals surface area contributed by atoms with Crippen molar-refractivity contribution in [1.29, 1.82) is 0 Å². The Labute approximate surface area is 198 Å². The van der Waals surface area contributed by atoms with E-state index in [2.05, 4.69) is 38.8 Å². The first-order valence-corrected chi connectivity index (χ1v) is 12.0. The van der Waals surface area contributed by atoms with Crippen LogP contribution in [0.3, 0.4) is 0 Å². The third-order valence-corrected chi connectivity index (χ3v) is 6.54. The molecule has 7 nitrogen and oxygen atoms in total. The van der Waals surface area contributed by atoms with Gasteiger partial charge >= 0.3 is 0 Å². The smallest absolute Gasteiger partial charge is 0.233 e. The molecule has 1 atom stereocenters. The van der Waals surface area contributed by atoms with Crippen LogP contribution in [0, 0.1) is 5.92 Å². The van der Waals surface area contributed by atoms with E-state index in [-0.39, 0.29) is 17.9 Å². The van der Waals surface area contributed by atoms with Crippen LogP contribution in [0.25, 0.3) is 33.3 Å². The van der Waals surface area contributed by atoms with E-state index in [0.29, 0.717) is 5.88 Å². The number of nitrogens with zero attached hydrogens (tertiary/aromatic N) is 2. The lowest BCUT2D eigenvalue weighted by Gasteiger charge is -2.23. The molecule has 1 saturated carbocycles. The molecule has 2 aromatic carbocycles. The molecule has 6 rings (SSSR count). The maximum Gasteiger partial charge on any atom is 0.233 e. The minimum absolute atomic E-state index is 0.123. The lowest BCUT2D eigenvalue weighted by molar-refractivity contribution is -0.117. The normalized spacial score (nSPS) is 18.1. The van der Waals surface area contributed by atoms with E-state index >= 15 is 0 Å². The van der Waals surface area contributed by atoms with Crippen LogP contribution in [0.1, 0.15) is 25.7 Å². The molecule has 1 aliphatic carbocycles. The summed E-state index contributed by atoms with van der Waals surface area (Å²) in [4.78, 5) is 24.5. The number of piperidine rings is 1. The van der Waals surface area contributed by atoms with Crippen LogP contribution in [-0.2, 0) is 4.79 Å². The molecule has 0 spiro atoms. The maximum absolute atomic E-state index is 12.0. The van der Waals surface area contributed by atoms with E-state index in [9.17, 15) is 4.79 Å². The topological polar surface area (TPSA) is 91.9 Å². The first-order valence-electron chi connectivity index (χ1n) is 12.0. The predicted octanol–water partition coefficient (Wildman–Crippen LogP) is 4.77. The molecule has 172 valence electrons. The molecule has 0 unspecified atom stereocenters. The largest absolute Gasteiger partial charge is 0.472 e. The van der Waals surface area contributed by atoms with Crippen LogP contribution >= 0.6 is 0 Å². The molecule has 3 N–H and O–H groups in total. The second-order valence-corrected chi connectivity index (χ2v) is 9.13. The number of hydrogen-bond donors (Lipinski definition) is 3. The van der Waals surface area contributed by atoms with Gasteiger partial charge < -0.3 is 20.4 Å². The molecule has 1 amide bonds. The monoisotopic (exact) mass is 453 g/mol. The number of aromatic amines is 1. The van der Waals surface area contributed by atoms with Crippen molar-refractivity contribution < 1.29 is 9.53 Å². The number of carbonyl (C=O) groups is 1. The first kappa shape index (κ1) is 20.9. The summed E-state index contributed by atoms with van der Waals surface area (Å²) in [7, 11) is 0. The van der Waals surface area contributed by atoms with E-state index in [1.165, 1.54) is 0 Å². The molecule has 34 heavy (non-hydrogen) atoms. The number of hydrogen-bond acceptors (Lipinski definition) is 5. The molecular weight excluding hydrogens is 426 g/mol. The summed E-state index contributed by atoms with van der Waals surface area (Å²) in [6.45, 7) is 1.88. The van der Waals surface area contributed by atoms with Crippen molar-refractivity contribution in [2.45, 2.75) is 31.8 Å². The number of amides is 1. The lowest BCUT2D eigenvalue weighted by atomic mass is 10.0. The third kappa shape index (κ3) is 4.39. The summed E-state index contributed by atoms with van der Waals surface area (Å²) < 4.78 is 6.08. The average molecular weight is 454 g/mol. The van der Waals surface area contributed by atoms with Gasteiger partial charge in [0.1, 0.15) is 6.10 Å². The van der Waals surface area contributed by atoms with Gasteiger partial charge in [0.15, 0.2) is 0 Å². The minimum atomic E-state index is 0.123. The summed E-state index contributed by atoms with van der Waals surface area (Å²) >= 11 is 0. The Morgan fingerprint density at radius 2 is 1.88 bits per heavy atom. The average Bonchev–Trinajstić information content (AvgIpc) is 3.65. The van der Waals surface area contributed by atoms with Gasteiger partial charge in [-0.25, -0.2) is 4.98 Å². The number of rotatable bonds is 6. The summed E-state index contributed by atoms with van der Waals surface area (Å²) in [5.41, 5.74) is 5.84. The molecule has 3 heterocycles.